The van der Waals surface area contributed by atoms with Gasteiger partial charge in [-0.15, -0.1) is 11.8 Å². The molecule has 7 rings (SSSR count). The van der Waals surface area contributed by atoms with Crippen LogP contribution in [0.1, 0.15) is 41.3 Å². The molecule has 6 aliphatic rings. The molecule has 42 heavy (non-hydrogen) atoms. The molecule has 3 unspecified atom stereocenters. The molecule has 0 spiro atoms. The molecule has 2 saturated heterocycles. The number of phenolic OH excluding ortho intramolecular Hbond substituents is 1. The van der Waals surface area contributed by atoms with E-state index in [1.807, 2.05) is 16.8 Å². The summed E-state index contributed by atoms with van der Waals surface area (Å²) in [7, 11) is 3.18. The number of hydrogen-bond acceptors (Lipinski definition) is 13. The van der Waals surface area contributed by atoms with Crippen LogP contribution in [0.5, 0.6) is 17.2 Å². The summed E-state index contributed by atoms with van der Waals surface area (Å²) >= 11 is 1.13. The van der Waals surface area contributed by atoms with E-state index in [-0.39, 0.29) is 54.0 Å². The second kappa shape index (κ2) is 9.32. The van der Waals surface area contributed by atoms with Gasteiger partial charge in [0.25, 0.3) is 0 Å². The number of ether oxygens (including phenoxy) is 4. The van der Waals surface area contributed by atoms with E-state index in [4.69, 9.17) is 18.9 Å². The number of nitriles is 1. The first-order chi connectivity index (χ1) is 20.1. The van der Waals surface area contributed by atoms with Gasteiger partial charge in [-0.3, -0.25) is 24.2 Å². The van der Waals surface area contributed by atoms with E-state index in [1.54, 1.807) is 13.8 Å². The molecule has 1 aromatic carbocycles. The van der Waals surface area contributed by atoms with Gasteiger partial charge in [0.2, 0.25) is 18.4 Å². The summed E-state index contributed by atoms with van der Waals surface area (Å²) in [6.07, 6.45) is 0.162. The number of allylic oxidation sites excluding steroid dienone is 2. The number of thioether (sulfide) groups is 1. The molecule has 12 nitrogen and oxygen atoms in total. The molecule has 6 atom stereocenters. The van der Waals surface area contributed by atoms with E-state index in [9.17, 15) is 29.5 Å². The van der Waals surface area contributed by atoms with Crippen LogP contribution in [0.3, 0.4) is 0 Å². The number of nitrogens with zero attached hydrogens (tertiary/aromatic N) is 3. The molecule has 4 bridgehead atoms. The number of piperazine rings is 1. The zero-order chi connectivity index (χ0) is 29.8. The van der Waals surface area contributed by atoms with Crippen LogP contribution in [0.25, 0.3) is 0 Å². The standard InChI is InChI=1S/C29H27N3O9S/c1-10-22(34)12-5-13-14(6-30)32-15-7-39-29(37)16(33)8-42-28(19-18(15)27-26(40-9-41-27)11(2)23(19)35)21(32)20(31(13)3)17(12)24(36)25(10)38-4/h13-15,20-21,28,35H,5,7-9H2,1-4H3/t13?,14-,15-,20?,21?,28+/m0/s1. The summed E-state index contributed by atoms with van der Waals surface area (Å²) in [6.45, 7) is 2.89. The van der Waals surface area contributed by atoms with E-state index >= 15 is 0 Å². The second-order valence-corrected chi connectivity index (χ2v) is 12.4. The normalized spacial score (nSPS) is 32.3. The van der Waals surface area contributed by atoms with Crippen molar-refractivity contribution < 1.29 is 43.2 Å². The lowest BCUT2D eigenvalue weighted by Crippen LogP contribution is -2.73. The molecule has 0 radical (unpaired) electrons. The number of carbonyl (C=O) groups is 4. The Bertz CT molecular complexity index is 1620. The molecule has 5 heterocycles. The number of cyclic esters (lactones) is 1. The molecular weight excluding hydrogens is 566 g/mol. The van der Waals surface area contributed by atoms with E-state index in [2.05, 4.69) is 6.07 Å². The fourth-order valence-electron chi connectivity index (χ4n) is 7.64. The first-order valence-electron chi connectivity index (χ1n) is 13.5. The third-order valence-corrected chi connectivity index (χ3v) is 10.8. The van der Waals surface area contributed by atoms with Crippen LogP contribution in [0.2, 0.25) is 0 Å². The smallest absolute Gasteiger partial charge is 0.375 e. The molecule has 1 aromatic rings. The van der Waals surface area contributed by atoms with Crippen LogP contribution in [-0.2, 0) is 28.7 Å². The van der Waals surface area contributed by atoms with Gasteiger partial charge in [-0.1, -0.05) is 0 Å². The lowest BCUT2D eigenvalue weighted by Gasteiger charge is -2.61. The van der Waals surface area contributed by atoms with Crippen LogP contribution >= 0.6 is 11.8 Å². The molecule has 2 fully saturated rings. The van der Waals surface area contributed by atoms with Crippen molar-refractivity contribution in [3.63, 3.8) is 0 Å². The molecular formula is C29H27N3O9S. The second-order valence-electron chi connectivity index (χ2n) is 11.2. The van der Waals surface area contributed by atoms with Crippen molar-refractivity contribution in [2.24, 2.45) is 0 Å². The fraction of sp³-hybridized carbons (Fsp3) is 0.483. The van der Waals surface area contributed by atoms with Crippen molar-refractivity contribution in [2.45, 2.75) is 55.7 Å². The lowest BCUT2D eigenvalue weighted by atomic mass is 9.68. The Morgan fingerprint density at radius 3 is 2.52 bits per heavy atom. The van der Waals surface area contributed by atoms with E-state index in [0.29, 0.717) is 33.8 Å². The summed E-state index contributed by atoms with van der Waals surface area (Å²) in [6, 6.07) is -1.07. The zero-order valence-corrected chi connectivity index (χ0v) is 24.1. The number of Topliss-reactive ketones (excluding diaryl/α,β-unsaturated/α-hetero) is 3. The van der Waals surface area contributed by atoms with Gasteiger partial charge in [-0.2, -0.15) is 5.26 Å². The number of aromatic hydroxyl groups is 1. The van der Waals surface area contributed by atoms with Crippen molar-refractivity contribution in [3.8, 4) is 23.3 Å². The number of rotatable bonds is 1. The number of hydrogen-bond donors (Lipinski definition) is 1. The minimum atomic E-state index is -0.982. The summed E-state index contributed by atoms with van der Waals surface area (Å²) < 4.78 is 22.6. The highest BCUT2D eigenvalue weighted by Gasteiger charge is 2.62. The largest absolute Gasteiger partial charge is 0.507 e. The molecule has 1 aliphatic carbocycles. The summed E-state index contributed by atoms with van der Waals surface area (Å²) in [5.41, 5.74) is 2.32. The number of benzene rings is 1. The third kappa shape index (κ3) is 3.31. The first kappa shape index (κ1) is 27.0. The van der Waals surface area contributed by atoms with Gasteiger partial charge in [0.1, 0.15) is 18.4 Å². The van der Waals surface area contributed by atoms with E-state index < -0.39 is 53.0 Å². The number of phenols is 1. The number of fused-ring (bicyclic) bond motifs is 8. The SMILES string of the molecule is COC1=C(C)C(=O)C2=C(C1=O)C1C3[C@@H]4SCC(=O)C(=O)OC[C@@H](c5c6c(c(C)c(O)c54)OCO6)N3[C@@H](C#N)C(C2)N1C. The van der Waals surface area contributed by atoms with Crippen molar-refractivity contribution >= 4 is 35.1 Å². The third-order valence-electron chi connectivity index (χ3n) is 9.47. The predicted molar refractivity (Wildman–Crippen MR) is 145 cm³/mol. The minimum Gasteiger partial charge on any atom is -0.507 e. The monoisotopic (exact) mass is 593 g/mol. The van der Waals surface area contributed by atoms with Gasteiger partial charge in [0.05, 0.1) is 36.3 Å². The Morgan fingerprint density at radius 1 is 1.07 bits per heavy atom. The molecule has 5 aliphatic heterocycles. The average molecular weight is 594 g/mol. The van der Waals surface area contributed by atoms with Crippen molar-refractivity contribution in [2.75, 3.05) is 33.3 Å². The van der Waals surface area contributed by atoms with Crippen LogP contribution < -0.4 is 9.47 Å². The number of carbonyl (C=O) groups excluding carboxylic acids is 4. The maximum atomic E-state index is 14.0. The van der Waals surface area contributed by atoms with Crippen molar-refractivity contribution in [3.05, 3.63) is 39.2 Å². The lowest BCUT2D eigenvalue weighted by molar-refractivity contribution is -0.156. The molecule has 0 aromatic heterocycles. The molecule has 0 saturated carbocycles. The predicted octanol–water partition coefficient (Wildman–Crippen LogP) is 1.40. The minimum absolute atomic E-state index is 0.0243. The maximum absolute atomic E-state index is 14.0. The van der Waals surface area contributed by atoms with E-state index in [0.717, 1.165) is 11.8 Å². The van der Waals surface area contributed by atoms with Crippen molar-refractivity contribution in [1.82, 2.24) is 9.80 Å². The average Bonchev–Trinajstić information content (AvgIpc) is 3.46. The molecule has 13 heteroatoms. The quantitative estimate of drug-likeness (QED) is 0.284. The molecule has 1 N–H and O–H groups in total. The number of esters is 1. The van der Waals surface area contributed by atoms with Crippen molar-refractivity contribution in [1.29, 1.82) is 5.26 Å². The highest BCUT2D eigenvalue weighted by atomic mass is 32.2. The fourth-order valence-corrected chi connectivity index (χ4v) is 8.98. The maximum Gasteiger partial charge on any atom is 0.375 e. The summed E-state index contributed by atoms with van der Waals surface area (Å²) in [5, 5.41) is 21.6. The van der Waals surface area contributed by atoms with Crippen LogP contribution in [0.4, 0.5) is 0 Å². The Kier molecular flexibility index (Phi) is 5.99. The summed E-state index contributed by atoms with van der Waals surface area (Å²) in [5.74, 6) is -1.99. The number of methoxy groups -OCH3 is 1. The van der Waals surface area contributed by atoms with Gasteiger partial charge < -0.3 is 24.1 Å². The van der Waals surface area contributed by atoms with E-state index in [1.165, 1.54) is 7.11 Å². The Balaban J connectivity index is 1.53. The highest BCUT2D eigenvalue weighted by Crippen LogP contribution is 2.61. The highest BCUT2D eigenvalue weighted by molar-refractivity contribution is 8.00. The van der Waals surface area contributed by atoms with Crippen LogP contribution in [0.15, 0.2) is 22.5 Å². The van der Waals surface area contributed by atoms with Crippen LogP contribution in [0, 0.1) is 18.3 Å². The summed E-state index contributed by atoms with van der Waals surface area (Å²) in [4.78, 5) is 56.9. The molecule has 218 valence electrons. The Hall–Kier alpha value is -3.86. The topological polar surface area (TPSA) is 156 Å². The van der Waals surface area contributed by atoms with Gasteiger partial charge in [-0.05, 0) is 27.3 Å². The van der Waals surface area contributed by atoms with Crippen LogP contribution in [-0.4, -0.2) is 95.7 Å². The van der Waals surface area contributed by atoms with Gasteiger partial charge >= 0.3 is 5.97 Å². The Labute approximate surface area is 244 Å². The molecule has 0 amide bonds. The number of likely N-dealkylation sites (N-methyl/N-ethyl adjacent to an activating group) is 1. The number of ketones is 3. The van der Waals surface area contributed by atoms with Gasteiger partial charge in [-0.25, -0.2) is 4.79 Å². The first-order valence-corrected chi connectivity index (χ1v) is 14.6. The Morgan fingerprint density at radius 2 is 1.81 bits per heavy atom. The zero-order valence-electron chi connectivity index (χ0n) is 23.3. The van der Waals surface area contributed by atoms with Gasteiger partial charge in [0, 0.05) is 45.5 Å². The van der Waals surface area contributed by atoms with Gasteiger partial charge in [0.15, 0.2) is 23.0 Å².